The third-order valence-corrected chi connectivity index (χ3v) is 6.59. The molecule has 2 atom stereocenters. The van der Waals surface area contributed by atoms with Crippen molar-refractivity contribution in [3.63, 3.8) is 0 Å². The first-order chi connectivity index (χ1) is 21.3. The Balaban J connectivity index is 0.00000177. The molecule has 0 bridgehead atoms. The molecule has 0 aliphatic rings. The summed E-state index contributed by atoms with van der Waals surface area (Å²) >= 11 is -0.106. The van der Waals surface area contributed by atoms with Crippen molar-refractivity contribution in [1.29, 1.82) is 0 Å². The van der Waals surface area contributed by atoms with Gasteiger partial charge in [-0.1, -0.05) is 60.7 Å². The Hall–Kier alpha value is -2.78. The van der Waals surface area contributed by atoms with Crippen LogP contribution < -0.4 is 10.6 Å². The first kappa shape index (κ1) is 36.7. The van der Waals surface area contributed by atoms with Gasteiger partial charge in [0.15, 0.2) is 13.3 Å². The normalized spacial score (nSPS) is 13.2. The molecule has 0 saturated carbocycles. The van der Waals surface area contributed by atoms with E-state index in [0.717, 1.165) is 35.4 Å². The molecule has 242 valence electrons. The number of nitrogens with zero attached hydrogens (tertiary/aromatic N) is 2. The number of alkyl halides is 6. The van der Waals surface area contributed by atoms with Crippen LogP contribution in [0.1, 0.15) is 34.3 Å². The Morgan fingerprint density at radius 2 is 0.844 bits per heavy atom. The molecule has 0 aromatic heterocycles. The van der Waals surface area contributed by atoms with Gasteiger partial charge >= 0.3 is 47.4 Å². The van der Waals surface area contributed by atoms with Crippen molar-refractivity contribution >= 4 is 30.4 Å². The molecule has 4 radical (unpaired) electrons. The monoisotopic (exact) mass is 758 g/mol. The zero-order valence-electron chi connectivity index (χ0n) is 23.8. The molecule has 0 unspecified atom stereocenters. The van der Waals surface area contributed by atoms with E-state index in [0.29, 0.717) is 11.4 Å². The molecule has 0 saturated heterocycles. The average molecular weight is 760 g/mol. The van der Waals surface area contributed by atoms with Gasteiger partial charge in [0.25, 0.3) is 0 Å². The van der Waals surface area contributed by atoms with E-state index < -0.39 is 23.5 Å². The summed E-state index contributed by atoms with van der Waals surface area (Å²) in [5.74, 6) is 0. The minimum absolute atomic E-state index is 0.106. The van der Waals surface area contributed by atoms with Gasteiger partial charge in [0.2, 0.25) is 0 Å². The summed E-state index contributed by atoms with van der Waals surface area (Å²) in [7, 11) is 13.2. The zero-order valence-corrected chi connectivity index (χ0v) is 26.8. The molecule has 45 heavy (non-hydrogen) atoms. The maximum atomic E-state index is 13.0. The van der Waals surface area contributed by atoms with Crippen LogP contribution in [0.4, 0.5) is 37.7 Å². The van der Waals surface area contributed by atoms with Crippen LogP contribution in [0.2, 0.25) is 0 Å². The maximum absolute atomic E-state index is 13.0. The van der Waals surface area contributed by atoms with Gasteiger partial charge in [-0.25, -0.2) is 0 Å². The molecule has 0 aliphatic carbocycles. The second-order valence-corrected chi connectivity index (χ2v) is 12.0. The number of hydrogen-bond donors (Lipinski definition) is 2. The first-order valence-electron chi connectivity index (χ1n) is 13.1. The van der Waals surface area contributed by atoms with Gasteiger partial charge < -0.3 is 10.6 Å². The van der Waals surface area contributed by atoms with Crippen molar-refractivity contribution in [3.8, 4) is 0 Å². The van der Waals surface area contributed by atoms with Crippen LogP contribution >= 0.6 is 19.1 Å². The van der Waals surface area contributed by atoms with Crippen LogP contribution in [-0.4, -0.2) is 23.9 Å². The van der Waals surface area contributed by atoms with Gasteiger partial charge in [0.1, 0.15) is 0 Å². The summed E-state index contributed by atoms with van der Waals surface area (Å²) in [5, 5.41) is 5.91. The molecule has 2 N–H and O–H groups in total. The topological polar surface area (TPSA) is 30.5 Å². The Bertz CT molecular complexity index is 1300. The van der Waals surface area contributed by atoms with Crippen LogP contribution in [0.3, 0.4) is 0 Å². The summed E-state index contributed by atoms with van der Waals surface area (Å²) in [6, 6.07) is 27.7. The van der Waals surface area contributed by atoms with Gasteiger partial charge in [-0.15, -0.1) is 0 Å². The molecular weight excluding hydrogens is 732 g/mol. The van der Waals surface area contributed by atoms with E-state index in [1.54, 1.807) is 23.9 Å². The second-order valence-electron chi connectivity index (χ2n) is 9.60. The van der Waals surface area contributed by atoms with E-state index in [4.69, 9.17) is 19.1 Å². The fraction of sp³-hybridized carbons (Fsp3) is 0.188. The predicted octanol–water partition coefficient (Wildman–Crippen LogP) is 9.96. The van der Waals surface area contributed by atoms with Crippen molar-refractivity contribution in [2.24, 2.45) is 0 Å². The minimum atomic E-state index is -4.43. The third kappa shape index (κ3) is 11.2. The van der Waals surface area contributed by atoms with Gasteiger partial charge in [-0.3, -0.25) is 9.80 Å². The molecule has 0 fully saturated rings. The molecular formula is C32H28Cl2F6N4Pd. The number of anilines is 2. The second kappa shape index (κ2) is 17.2. The summed E-state index contributed by atoms with van der Waals surface area (Å²) in [6.45, 7) is 6.15. The van der Waals surface area contributed by atoms with E-state index in [-0.39, 0.29) is 28.0 Å². The van der Waals surface area contributed by atoms with Crippen LogP contribution in [-0.2, 0) is 28.3 Å². The van der Waals surface area contributed by atoms with E-state index >= 15 is 0 Å². The van der Waals surface area contributed by atoms with Crippen molar-refractivity contribution in [2.45, 2.75) is 24.4 Å². The Morgan fingerprint density at radius 1 is 0.556 bits per heavy atom. The SMILES string of the molecule is CN([C]Nc1ccc(C(F)(F)F)cc1)[C@@H](c1ccccc1)[C@H](c1ccccc1)N(C)[C]Nc1ccc(C(F)(F)F)cc1.[Cl][Pd][Cl]. The summed E-state index contributed by atoms with van der Waals surface area (Å²) in [4.78, 5) is 3.59. The van der Waals surface area contributed by atoms with Gasteiger partial charge in [0.05, 0.1) is 23.2 Å². The summed E-state index contributed by atoms with van der Waals surface area (Å²) in [5.41, 5.74) is 1.18. The molecule has 4 aromatic rings. The molecule has 0 spiro atoms. The molecule has 4 aromatic carbocycles. The van der Waals surface area contributed by atoms with E-state index in [9.17, 15) is 26.3 Å². The molecule has 4 rings (SSSR count). The standard InChI is InChI=1S/C32H28F6N4.2ClH.Pd/c1-41(21-39-27-17-13-25(14-18-27)31(33,34)35)29(23-9-5-3-6-10-23)30(24-11-7-4-8-12-24)42(2)22-40-28-19-15-26(16-20-28)32(36,37)38;;;/h3-20,29-30,39-40H,1-2H3;2*1H;/q;;;+2/p-2/t29-,30-;;;/m0.../s1. The van der Waals surface area contributed by atoms with Crippen LogP contribution in [0, 0.1) is 13.3 Å². The number of hydrogen-bond acceptors (Lipinski definition) is 4. The number of likely N-dealkylation sites (N-methyl/N-ethyl adjacent to an activating group) is 2. The molecule has 13 heteroatoms. The number of nitrogens with one attached hydrogen (secondary N) is 2. The van der Waals surface area contributed by atoms with Gasteiger partial charge in [-0.05, 0) is 73.8 Å². The zero-order chi connectivity index (χ0) is 33.0. The van der Waals surface area contributed by atoms with Crippen molar-refractivity contribution < 1.29 is 42.3 Å². The summed E-state index contributed by atoms with van der Waals surface area (Å²) < 4.78 is 77.9. The van der Waals surface area contributed by atoms with E-state index in [1.807, 2.05) is 60.7 Å². The van der Waals surface area contributed by atoms with Crippen molar-refractivity contribution in [1.82, 2.24) is 9.80 Å². The molecule has 0 heterocycles. The van der Waals surface area contributed by atoms with Gasteiger partial charge in [-0.2, -0.15) is 26.3 Å². The first-order valence-corrected chi connectivity index (χ1v) is 17.1. The van der Waals surface area contributed by atoms with Crippen LogP contribution in [0.25, 0.3) is 0 Å². The number of benzene rings is 4. The van der Waals surface area contributed by atoms with Gasteiger partial charge in [0, 0.05) is 11.4 Å². The fourth-order valence-corrected chi connectivity index (χ4v) is 4.47. The quantitative estimate of drug-likeness (QED) is 0.0906. The fourth-order valence-electron chi connectivity index (χ4n) is 4.47. The Kier molecular flexibility index (Phi) is 14.0. The summed E-state index contributed by atoms with van der Waals surface area (Å²) in [6.07, 6.45) is -8.87. The van der Waals surface area contributed by atoms with Crippen LogP contribution in [0.5, 0.6) is 0 Å². The number of halogens is 8. The van der Waals surface area contributed by atoms with Crippen molar-refractivity contribution in [2.75, 3.05) is 24.7 Å². The molecule has 0 aliphatic heterocycles. The molecule has 4 nitrogen and oxygen atoms in total. The average Bonchev–Trinajstić information content (AvgIpc) is 3.02. The number of rotatable bonds is 11. The van der Waals surface area contributed by atoms with E-state index in [2.05, 4.69) is 24.0 Å². The van der Waals surface area contributed by atoms with Crippen molar-refractivity contribution in [3.05, 3.63) is 145 Å². The van der Waals surface area contributed by atoms with E-state index in [1.165, 1.54) is 24.3 Å². The Labute approximate surface area is 275 Å². The van der Waals surface area contributed by atoms with Crippen LogP contribution in [0.15, 0.2) is 109 Å². The third-order valence-electron chi connectivity index (χ3n) is 6.59. The Morgan fingerprint density at radius 3 is 1.11 bits per heavy atom. The predicted molar refractivity (Wildman–Crippen MR) is 162 cm³/mol. The molecule has 0 amide bonds.